The van der Waals surface area contributed by atoms with Crippen molar-refractivity contribution in [2.75, 3.05) is 5.73 Å². The Balaban J connectivity index is 2.05. The molecule has 0 aliphatic carbocycles. The van der Waals surface area contributed by atoms with E-state index in [2.05, 4.69) is 15.5 Å². The minimum Gasteiger partial charge on any atom is -0.375 e. The molecule has 0 atom stereocenters. The van der Waals surface area contributed by atoms with Crippen molar-refractivity contribution in [2.45, 2.75) is 6.92 Å². The van der Waals surface area contributed by atoms with Crippen LogP contribution in [0, 0.1) is 12.7 Å². The van der Waals surface area contributed by atoms with Crippen LogP contribution in [0.2, 0.25) is 0 Å². The van der Waals surface area contributed by atoms with E-state index in [9.17, 15) is 9.18 Å². The number of aryl methyl sites for hydroxylation is 1. The zero-order chi connectivity index (χ0) is 13.8. The highest BCUT2D eigenvalue weighted by Gasteiger charge is 2.13. The number of hydrogen-bond donors (Lipinski definition) is 2. The van der Waals surface area contributed by atoms with Gasteiger partial charge in [-0.1, -0.05) is 29.5 Å². The zero-order valence-corrected chi connectivity index (χ0v) is 10.9. The van der Waals surface area contributed by atoms with E-state index in [4.69, 9.17) is 5.73 Å². The quantitative estimate of drug-likeness (QED) is 0.665. The molecule has 2 aromatic rings. The van der Waals surface area contributed by atoms with E-state index >= 15 is 0 Å². The number of nitrogens with zero attached hydrogens (tertiary/aromatic N) is 2. The number of hydrogen-bond acceptors (Lipinski definition) is 5. The van der Waals surface area contributed by atoms with E-state index in [0.29, 0.717) is 21.3 Å². The van der Waals surface area contributed by atoms with E-state index in [1.54, 1.807) is 25.1 Å². The fraction of sp³-hybridized carbons (Fsp3) is 0.0833. The minimum absolute atomic E-state index is 0.295. The Hall–Kier alpha value is -2.28. The maximum absolute atomic E-state index is 13.3. The van der Waals surface area contributed by atoms with Gasteiger partial charge in [0.15, 0.2) is 5.13 Å². The molecular weight excluding hydrogens is 267 g/mol. The first kappa shape index (κ1) is 13.2. The number of nitrogens with one attached hydrogen (secondary N) is 1. The minimum atomic E-state index is -0.417. The van der Waals surface area contributed by atoms with Crippen LogP contribution in [0.1, 0.15) is 20.9 Å². The van der Waals surface area contributed by atoms with Crippen LogP contribution in [-0.4, -0.2) is 17.1 Å². The Bertz CT molecular complexity index is 638. The number of benzene rings is 1. The molecule has 0 saturated carbocycles. The van der Waals surface area contributed by atoms with E-state index in [0.717, 1.165) is 11.3 Å². The molecule has 0 spiro atoms. The topological polar surface area (TPSA) is 80.4 Å². The number of carbonyl (C=O) groups excluding carboxylic acids is 1. The normalized spacial score (nSPS) is 10.8. The molecule has 19 heavy (non-hydrogen) atoms. The first-order valence-corrected chi connectivity index (χ1v) is 6.20. The highest BCUT2D eigenvalue weighted by molar-refractivity contribution is 7.17. The van der Waals surface area contributed by atoms with Crippen LogP contribution in [0.25, 0.3) is 0 Å². The van der Waals surface area contributed by atoms with Crippen molar-refractivity contribution >= 4 is 28.6 Å². The Morgan fingerprint density at radius 1 is 1.53 bits per heavy atom. The summed E-state index contributed by atoms with van der Waals surface area (Å²) >= 11 is 1.08. The molecule has 0 unspecified atom stereocenters. The molecule has 98 valence electrons. The summed E-state index contributed by atoms with van der Waals surface area (Å²) in [5, 5.41) is 4.02. The third-order valence-electron chi connectivity index (χ3n) is 2.29. The van der Waals surface area contributed by atoms with Gasteiger partial charge in [-0.15, -0.1) is 0 Å². The number of nitrogen functional groups attached to an aromatic ring is 1. The molecule has 7 heteroatoms. The zero-order valence-electron chi connectivity index (χ0n) is 10.1. The number of rotatable bonds is 3. The first-order valence-electron chi connectivity index (χ1n) is 5.39. The summed E-state index contributed by atoms with van der Waals surface area (Å²) in [6.07, 6.45) is 1.24. The Morgan fingerprint density at radius 3 is 2.89 bits per heavy atom. The largest absolute Gasteiger partial charge is 0.375 e. The third kappa shape index (κ3) is 3.14. The van der Waals surface area contributed by atoms with Gasteiger partial charge in [-0.3, -0.25) is 4.79 Å². The van der Waals surface area contributed by atoms with Gasteiger partial charge in [-0.2, -0.15) is 5.10 Å². The van der Waals surface area contributed by atoms with Gasteiger partial charge in [0, 0.05) is 5.56 Å². The number of halogens is 1. The first-order chi connectivity index (χ1) is 9.08. The monoisotopic (exact) mass is 278 g/mol. The summed E-state index contributed by atoms with van der Waals surface area (Å²) in [5.41, 5.74) is 8.64. The molecule has 0 radical (unpaired) electrons. The molecule has 5 nitrogen and oxygen atoms in total. The fourth-order valence-corrected chi connectivity index (χ4v) is 2.14. The van der Waals surface area contributed by atoms with E-state index < -0.39 is 11.7 Å². The number of aromatic nitrogens is 1. The predicted molar refractivity (Wildman–Crippen MR) is 72.7 cm³/mol. The summed E-state index contributed by atoms with van der Waals surface area (Å²) in [4.78, 5) is 16.1. The number of thiazole rings is 1. The average Bonchev–Trinajstić information content (AvgIpc) is 2.71. The molecule has 0 bridgehead atoms. The Kier molecular flexibility index (Phi) is 3.86. The van der Waals surface area contributed by atoms with Gasteiger partial charge in [0.1, 0.15) is 10.7 Å². The van der Waals surface area contributed by atoms with E-state index in [1.807, 2.05) is 0 Å². The molecule has 0 saturated heterocycles. The van der Waals surface area contributed by atoms with Gasteiger partial charge >= 0.3 is 0 Å². The van der Waals surface area contributed by atoms with Crippen LogP contribution in [0.5, 0.6) is 0 Å². The highest BCUT2D eigenvalue weighted by atomic mass is 32.1. The second-order valence-corrected chi connectivity index (χ2v) is 4.72. The lowest BCUT2D eigenvalue weighted by atomic mass is 10.2. The second-order valence-electron chi connectivity index (χ2n) is 3.69. The van der Waals surface area contributed by atoms with Crippen molar-refractivity contribution in [2.24, 2.45) is 5.10 Å². The van der Waals surface area contributed by atoms with Gasteiger partial charge in [0.05, 0.1) is 11.9 Å². The smallest absolute Gasteiger partial charge is 0.283 e. The van der Waals surface area contributed by atoms with Gasteiger partial charge in [-0.05, 0) is 13.0 Å². The molecule has 1 heterocycles. The summed E-state index contributed by atoms with van der Waals surface area (Å²) in [7, 11) is 0. The summed E-state index contributed by atoms with van der Waals surface area (Å²) in [5.74, 6) is -0.821. The average molecular weight is 278 g/mol. The number of anilines is 1. The van der Waals surface area contributed by atoms with Crippen LogP contribution in [0.3, 0.4) is 0 Å². The molecule has 1 amide bonds. The third-order valence-corrected chi connectivity index (χ3v) is 3.28. The summed E-state index contributed by atoms with van der Waals surface area (Å²) in [6, 6.07) is 6.13. The van der Waals surface area contributed by atoms with Crippen LogP contribution in [0.4, 0.5) is 9.52 Å². The number of carbonyl (C=O) groups is 1. The predicted octanol–water partition coefficient (Wildman–Crippen LogP) is 1.94. The lowest BCUT2D eigenvalue weighted by molar-refractivity contribution is 0.0958. The van der Waals surface area contributed by atoms with Crippen molar-refractivity contribution in [3.05, 3.63) is 46.2 Å². The van der Waals surface area contributed by atoms with Crippen LogP contribution in [0.15, 0.2) is 29.4 Å². The van der Waals surface area contributed by atoms with Crippen molar-refractivity contribution in [3.8, 4) is 0 Å². The Morgan fingerprint density at radius 2 is 2.26 bits per heavy atom. The molecule has 0 aliphatic heterocycles. The van der Waals surface area contributed by atoms with Crippen molar-refractivity contribution in [1.29, 1.82) is 0 Å². The van der Waals surface area contributed by atoms with Crippen molar-refractivity contribution < 1.29 is 9.18 Å². The maximum Gasteiger partial charge on any atom is 0.283 e. The lowest BCUT2D eigenvalue weighted by Gasteiger charge is -1.97. The highest BCUT2D eigenvalue weighted by Crippen LogP contribution is 2.19. The van der Waals surface area contributed by atoms with Crippen LogP contribution < -0.4 is 11.2 Å². The Labute approximate surface area is 113 Å². The molecule has 3 N–H and O–H groups in total. The molecular formula is C12H11FN4OS. The molecule has 0 fully saturated rings. The number of nitrogens with two attached hydrogens (primary N) is 1. The number of amides is 1. The van der Waals surface area contributed by atoms with Gasteiger partial charge in [-0.25, -0.2) is 14.8 Å². The van der Waals surface area contributed by atoms with Gasteiger partial charge < -0.3 is 5.73 Å². The van der Waals surface area contributed by atoms with Gasteiger partial charge in [0.2, 0.25) is 0 Å². The maximum atomic E-state index is 13.3. The molecule has 2 rings (SSSR count). The molecule has 1 aromatic carbocycles. The van der Waals surface area contributed by atoms with Gasteiger partial charge in [0.25, 0.3) is 5.91 Å². The van der Waals surface area contributed by atoms with E-state index in [-0.39, 0.29) is 0 Å². The van der Waals surface area contributed by atoms with Crippen molar-refractivity contribution in [3.63, 3.8) is 0 Å². The summed E-state index contributed by atoms with van der Waals surface area (Å²) in [6.45, 7) is 1.68. The SMILES string of the molecule is Cc1nc(N)sc1C(=O)N/N=C\c1ccccc1F. The number of hydrazone groups is 1. The molecule has 0 aliphatic rings. The van der Waals surface area contributed by atoms with Crippen LogP contribution >= 0.6 is 11.3 Å². The lowest BCUT2D eigenvalue weighted by Crippen LogP contribution is -2.17. The standard InChI is InChI=1S/C12H11FN4OS/c1-7-10(19-12(14)16-7)11(18)17-15-6-8-4-2-3-5-9(8)13/h2-6H,1H3,(H2,14,16)(H,17,18)/b15-6-. The van der Waals surface area contributed by atoms with Crippen LogP contribution in [-0.2, 0) is 0 Å². The van der Waals surface area contributed by atoms with E-state index in [1.165, 1.54) is 12.3 Å². The summed E-state index contributed by atoms with van der Waals surface area (Å²) < 4.78 is 13.3. The van der Waals surface area contributed by atoms with Crippen molar-refractivity contribution in [1.82, 2.24) is 10.4 Å². The molecule has 1 aromatic heterocycles. The second kappa shape index (κ2) is 5.57. The fourth-order valence-electron chi connectivity index (χ4n) is 1.42.